The van der Waals surface area contributed by atoms with Crippen LogP contribution in [0.2, 0.25) is 0 Å². The number of methoxy groups -OCH3 is 1. The van der Waals surface area contributed by atoms with Gasteiger partial charge in [-0.3, -0.25) is 4.79 Å². The summed E-state index contributed by atoms with van der Waals surface area (Å²) in [6, 6.07) is 13.2. The van der Waals surface area contributed by atoms with Gasteiger partial charge in [-0.1, -0.05) is 23.8 Å². The van der Waals surface area contributed by atoms with E-state index in [-0.39, 0.29) is 11.7 Å². The standard InChI is InChI=1S/C26H27F3N2O4/c1-18(8-13-24(32)33-3)14-15-34-23-7-5-4-6-21(23)17-31-19(2)16-30-25(31)20-9-11-22(12-10-20)35-26(27,28)29/h4-7,9-12,14,16H,8,13,15,17H2,1-3H3/b18-14+. The normalized spacial score (nSPS) is 11.9. The number of rotatable bonds is 10. The van der Waals surface area contributed by atoms with Gasteiger partial charge in [-0.15, -0.1) is 13.2 Å². The van der Waals surface area contributed by atoms with E-state index in [2.05, 4.69) is 14.5 Å². The van der Waals surface area contributed by atoms with Crippen molar-refractivity contribution in [1.82, 2.24) is 9.55 Å². The summed E-state index contributed by atoms with van der Waals surface area (Å²) in [6.45, 7) is 4.66. The first kappa shape index (κ1) is 25.9. The van der Waals surface area contributed by atoms with E-state index in [1.807, 2.05) is 48.8 Å². The molecule has 1 heterocycles. The molecule has 6 nitrogen and oxygen atoms in total. The number of nitrogens with zero attached hydrogens (tertiary/aromatic N) is 2. The van der Waals surface area contributed by atoms with Crippen LogP contribution >= 0.6 is 0 Å². The molecule has 1 aromatic heterocycles. The quantitative estimate of drug-likeness (QED) is 0.256. The molecule has 0 N–H and O–H groups in total. The van der Waals surface area contributed by atoms with Crippen LogP contribution in [0.15, 0.2) is 66.4 Å². The molecule has 35 heavy (non-hydrogen) atoms. The van der Waals surface area contributed by atoms with Gasteiger partial charge in [-0.2, -0.15) is 0 Å². The molecule has 0 bridgehead atoms. The van der Waals surface area contributed by atoms with Crippen molar-refractivity contribution in [2.75, 3.05) is 13.7 Å². The van der Waals surface area contributed by atoms with Gasteiger partial charge in [0.25, 0.3) is 0 Å². The number of hydrogen-bond acceptors (Lipinski definition) is 5. The van der Waals surface area contributed by atoms with E-state index in [1.54, 1.807) is 18.3 Å². The summed E-state index contributed by atoms with van der Waals surface area (Å²) < 4.78 is 53.9. The Morgan fingerprint density at radius 3 is 2.49 bits per heavy atom. The Labute approximate surface area is 202 Å². The average molecular weight is 489 g/mol. The first-order chi connectivity index (χ1) is 16.7. The summed E-state index contributed by atoms with van der Waals surface area (Å²) in [5, 5.41) is 0. The van der Waals surface area contributed by atoms with Crippen LogP contribution in [0.25, 0.3) is 11.4 Å². The third kappa shape index (κ3) is 7.63. The maximum absolute atomic E-state index is 12.5. The van der Waals surface area contributed by atoms with Crippen LogP contribution in [0.3, 0.4) is 0 Å². The molecule has 186 valence electrons. The summed E-state index contributed by atoms with van der Waals surface area (Å²) in [5.41, 5.74) is 3.50. The maximum atomic E-state index is 12.5. The van der Waals surface area contributed by atoms with Crippen molar-refractivity contribution >= 4 is 5.97 Å². The zero-order chi connectivity index (χ0) is 25.4. The number of aromatic nitrogens is 2. The highest BCUT2D eigenvalue weighted by molar-refractivity contribution is 5.69. The summed E-state index contributed by atoms with van der Waals surface area (Å²) in [7, 11) is 1.37. The van der Waals surface area contributed by atoms with E-state index in [1.165, 1.54) is 19.2 Å². The van der Waals surface area contributed by atoms with E-state index >= 15 is 0 Å². The van der Waals surface area contributed by atoms with Gasteiger partial charge in [0.05, 0.1) is 13.7 Å². The number of alkyl halides is 3. The van der Waals surface area contributed by atoms with Crippen LogP contribution in [0.1, 0.15) is 31.0 Å². The molecule has 3 aromatic rings. The zero-order valence-electron chi connectivity index (χ0n) is 19.8. The third-order valence-corrected chi connectivity index (χ3v) is 5.32. The highest BCUT2D eigenvalue weighted by atomic mass is 19.4. The second-order valence-corrected chi connectivity index (χ2v) is 7.93. The molecule has 0 atom stereocenters. The molecule has 0 saturated heterocycles. The molecule has 2 aromatic carbocycles. The van der Waals surface area contributed by atoms with Crippen LogP contribution in [-0.4, -0.2) is 35.6 Å². The fraction of sp³-hybridized carbons (Fsp3) is 0.308. The molecule has 9 heteroatoms. The lowest BCUT2D eigenvalue weighted by Gasteiger charge is -2.15. The molecule has 0 fully saturated rings. The molecule has 0 spiro atoms. The monoisotopic (exact) mass is 488 g/mol. The number of hydrogen-bond donors (Lipinski definition) is 0. The van der Waals surface area contributed by atoms with Crippen LogP contribution in [-0.2, 0) is 16.1 Å². The molecule has 0 aliphatic heterocycles. The number of carbonyl (C=O) groups excluding carboxylic acids is 1. The third-order valence-electron chi connectivity index (χ3n) is 5.32. The summed E-state index contributed by atoms with van der Waals surface area (Å²) in [4.78, 5) is 15.8. The Kier molecular flexibility index (Phi) is 8.57. The summed E-state index contributed by atoms with van der Waals surface area (Å²) >= 11 is 0. The molecular formula is C26H27F3N2O4. The second kappa shape index (κ2) is 11.6. The molecule has 0 amide bonds. The van der Waals surface area contributed by atoms with Crippen LogP contribution in [0.4, 0.5) is 13.2 Å². The summed E-state index contributed by atoms with van der Waals surface area (Å²) in [5.74, 6) is 0.787. The lowest BCUT2D eigenvalue weighted by Crippen LogP contribution is -2.17. The highest BCUT2D eigenvalue weighted by Crippen LogP contribution is 2.28. The minimum atomic E-state index is -4.74. The van der Waals surface area contributed by atoms with Crippen molar-refractivity contribution in [2.45, 2.75) is 39.6 Å². The number of allylic oxidation sites excluding steroid dienone is 1. The zero-order valence-corrected chi connectivity index (χ0v) is 19.8. The molecule has 0 saturated carbocycles. The fourth-order valence-electron chi connectivity index (χ4n) is 3.42. The first-order valence-corrected chi connectivity index (χ1v) is 11.0. The number of halogens is 3. The van der Waals surface area contributed by atoms with Gasteiger partial charge in [-0.25, -0.2) is 4.98 Å². The van der Waals surface area contributed by atoms with E-state index in [4.69, 9.17) is 4.74 Å². The van der Waals surface area contributed by atoms with Gasteiger partial charge < -0.3 is 18.8 Å². The number of benzene rings is 2. The second-order valence-electron chi connectivity index (χ2n) is 7.93. The molecule has 0 unspecified atom stereocenters. The maximum Gasteiger partial charge on any atom is 0.573 e. The van der Waals surface area contributed by atoms with Crippen molar-refractivity contribution in [1.29, 1.82) is 0 Å². The van der Waals surface area contributed by atoms with Crippen LogP contribution in [0.5, 0.6) is 11.5 Å². The Bertz CT molecular complexity index is 1170. The number of carbonyl (C=O) groups is 1. The van der Waals surface area contributed by atoms with E-state index in [9.17, 15) is 18.0 Å². The average Bonchev–Trinajstić information content (AvgIpc) is 3.18. The molecular weight excluding hydrogens is 461 g/mol. The number of para-hydroxylation sites is 1. The smallest absolute Gasteiger partial charge is 0.489 e. The predicted octanol–water partition coefficient (Wildman–Crippen LogP) is 6.08. The fourth-order valence-corrected chi connectivity index (χ4v) is 3.42. The molecule has 0 aliphatic carbocycles. The molecule has 0 radical (unpaired) electrons. The first-order valence-electron chi connectivity index (χ1n) is 11.0. The Morgan fingerprint density at radius 2 is 1.80 bits per heavy atom. The van der Waals surface area contributed by atoms with Gasteiger partial charge in [0.1, 0.15) is 23.9 Å². The Hall–Kier alpha value is -3.75. The van der Waals surface area contributed by atoms with Gasteiger partial charge in [0.2, 0.25) is 0 Å². The number of imidazole rings is 1. The SMILES string of the molecule is COC(=O)CC/C(C)=C/COc1ccccc1Cn1c(C)cnc1-c1ccc(OC(F)(F)F)cc1. The molecule has 0 aliphatic rings. The predicted molar refractivity (Wildman–Crippen MR) is 125 cm³/mol. The van der Waals surface area contributed by atoms with Crippen molar-refractivity contribution in [2.24, 2.45) is 0 Å². The van der Waals surface area contributed by atoms with Gasteiger partial charge in [0, 0.05) is 29.4 Å². The lowest BCUT2D eigenvalue weighted by atomic mass is 10.1. The van der Waals surface area contributed by atoms with Crippen molar-refractivity contribution < 1.29 is 32.2 Å². The van der Waals surface area contributed by atoms with Crippen molar-refractivity contribution in [3.05, 3.63) is 77.6 Å². The topological polar surface area (TPSA) is 62.6 Å². The van der Waals surface area contributed by atoms with Crippen molar-refractivity contribution in [3.63, 3.8) is 0 Å². The van der Waals surface area contributed by atoms with Gasteiger partial charge in [0.15, 0.2) is 0 Å². The van der Waals surface area contributed by atoms with E-state index in [0.717, 1.165) is 16.8 Å². The Morgan fingerprint density at radius 1 is 1.09 bits per heavy atom. The number of aryl methyl sites for hydroxylation is 1. The lowest BCUT2D eigenvalue weighted by molar-refractivity contribution is -0.274. The minimum absolute atomic E-state index is 0.252. The Balaban J connectivity index is 1.73. The van der Waals surface area contributed by atoms with E-state index < -0.39 is 6.36 Å². The number of ether oxygens (including phenoxy) is 3. The van der Waals surface area contributed by atoms with Gasteiger partial charge in [-0.05, 0) is 56.7 Å². The van der Waals surface area contributed by atoms with Crippen LogP contribution in [0, 0.1) is 6.92 Å². The number of esters is 1. The largest absolute Gasteiger partial charge is 0.573 e. The summed E-state index contributed by atoms with van der Waals surface area (Å²) in [6.07, 6.45) is -0.177. The van der Waals surface area contributed by atoms with E-state index in [0.29, 0.717) is 43.1 Å². The van der Waals surface area contributed by atoms with Crippen LogP contribution < -0.4 is 9.47 Å². The molecule has 3 rings (SSSR count). The minimum Gasteiger partial charge on any atom is -0.489 e. The van der Waals surface area contributed by atoms with Gasteiger partial charge >= 0.3 is 12.3 Å². The van der Waals surface area contributed by atoms with Crippen molar-refractivity contribution in [3.8, 4) is 22.9 Å². The highest BCUT2D eigenvalue weighted by Gasteiger charge is 2.31.